The van der Waals surface area contributed by atoms with Gasteiger partial charge in [-0.1, -0.05) is 13.0 Å². The van der Waals surface area contributed by atoms with Crippen molar-refractivity contribution in [3.05, 3.63) is 29.6 Å². The fourth-order valence-corrected chi connectivity index (χ4v) is 1.76. The number of carboxylic acid groups (broad SMARTS) is 1. The highest BCUT2D eigenvalue weighted by atomic mass is 19.1. The molecule has 1 saturated carbocycles. The van der Waals surface area contributed by atoms with Crippen LogP contribution in [-0.2, 0) is 11.3 Å². The SMILES string of the molecule is CCC(Oc1ccc(CNC2CC2)cc1F)C(=O)O. The standard InChI is InChI=1S/C14H18FNO3/c1-2-12(14(17)18)19-13-6-3-9(7-11(13)15)8-16-10-4-5-10/h3,6-7,10,12,16H,2,4-5,8H2,1H3,(H,17,18). The molecule has 0 aliphatic heterocycles. The van der Waals surface area contributed by atoms with Crippen LogP contribution >= 0.6 is 0 Å². The van der Waals surface area contributed by atoms with Crippen LogP contribution in [0.5, 0.6) is 5.75 Å². The minimum atomic E-state index is -1.08. The molecule has 0 heterocycles. The zero-order valence-corrected chi connectivity index (χ0v) is 10.9. The van der Waals surface area contributed by atoms with Crippen molar-refractivity contribution in [1.29, 1.82) is 0 Å². The summed E-state index contributed by atoms with van der Waals surface area (Å²) in [5.41, 5.74) is 0.833. The molecule has 0 spiro atoms. The summed E-state index contributed by atoms with van der Waals surface area (Å²) in [5, 5.41) is 12.2. The number of rotatable bonds is 7. The molecule has 2 rings (SSSR count). The minimum Gasteiger partial charge on any atom is -0.479 e. The van der Waals surface area contributed by atoms with Gasteiger partial charge in [-0.15, -0.1) is 0 Å². The van der Waals surface area contributed by atoms with Gasteiger partial charge in [0.2, 0.25) is 0 Å². The highest BCUT2D eigenvalue weighted by Gasteiger charge is 2.21. The number of hydrogen-bond acceptors (Lipinski definition) is 3. The van der Waals surface area contributed by atoms with E-state index in [4.69, 9.17) is 9.84 Å². The Kier molecular flexibility index (Phi) is 4.37. The van der Waals surface area contributed by atoms with Gasteiger partial charge in [-0.3, -0.25) is 0 Å². The molecule has 0 saturated heterocycles. The number of aliphatic carboxylic acids is 1. The lowest BCUT2D eigenvalue weighted by Crippen LogP contribution is -2.26. The lowest BCUT2D eigenvalue weighted by molar-refractivity contribution is -0.145. The van der Waals surface area contributed by atoms with E-state index in [0.29, 0.717) is 19.0 Å². The second kappa shape index (κ2) is 6.02. The highest BCUT2D eigenvalue weighted by Crippen LogP contribution is 2.22. The summed E-state index contributed by atoms with van der Waals surface area (Å²) in [5.74, 6) is -1.61. The third kappa shape index (κ3) is 3.92. The van der Waals surface area contributed by atoms with Gasteiger partial charge in [0.15, 0.2) is 17.7 Å². The number of nitrogens with one attached hydrogen (secondary N) is 1. The predicted octanol–water partition coefficient (Wildman–Crippen LogP) is 2.32. The van der Waals surface area contributed by atoms with E-state index in [2.05, 4.69) is 5.32 Å². The number of benzene rings is 1. The molecule has 19 heavy (non-hydrogen) atoms. The van der Waals surface area contributed by atoms with E-state index in [9.17, 15) is 9.18 Å². The van der Waals surface area contributed by atoms with E-state index in [-0.39, 0.29) is 5.75 Å². The minimum absolute atomic E-state index is 0.00979. The number of ether oxygens (including phenoxy) is 1. The Balaban J connectivity index is 1.98. The Labute approximate surface area is 111 Å². The number of carboxylic acids is 1. The molecule has 4 nitrogen and oxygen atoms in total. The summed E-state index contributed by atoms with van der Waals surface area (Å²) in [6, 6.07) is 5.20. The van der Waals surface area contributed by atoms with Crippen LogP contribution in [0.4, 0.5) is 4.39 Å². The fourth-order valence-electron chi connectivity index (χ4n) is 1.76. The topological polar surface area (TPSA) is 58.6 Å². The van der Waals surface area contributed by atoms with E-state index >= 15 is 0 Å². The van der Waals surface area contributed by atoms with Crippen LogP contribution in [-0.4, -0.2) is 23.2 Å². The maximum absolute atomic E-state index is 13.8. The monoisotopic (exact) mass is 267 g/mol. The van der Waals surface area contributed by atoms with Gasteiger partial charge in [0.25, 0.3) is 0 Å². The Bertz CT molecular complexity index is 460. The van der Waals surface area contributed by atoms with E-state index in [1.807, 2.05) is 0 Å². The Morgan fingerprint density at radius 3 is 2.84 bits per heavy atom. The first-order chi connectivity index (χ1) is 9.10. The van der Waals surface area contributed by atoms with Crippen molar-refractivity contribution in [2.75, 3.05) is 0 Å². The molecule has 2 N–H and O–H groups in total. The zero-order chi connectivity index (χ0) is 13.8. The first-order valence-corrected chi connectivity index (χ1v) is 6.51. The largest absolute Gasteiger partial charge is 0.479 e. The first kappa shape index (κ1) is 13.8. The quantitative estimate of drug-likeness (QED) is 0.796. The molecule has 0 radical (unpaired) electrons. The normalized spacial score (nSPS) is 16.1. The summed E-state index contributed by atoms with van der Waals surface area (Å²) in [6.07, 6.45) is 1.64. The molecule has 1 unspecified atom stereocenters. The Hall–Kier alpha value is -1.62. The fraction of sp³-hybridized carbons (Fsp3) is 0.500. The van der Waals surface area contributed by atoms with Gasteiger partial charge in [-0.05, 0) is 37.0 Å². The van der Waals surface area contributed by atoms with Crippen LogP contribution in [0.25, 0.3) is 0 Å². The molecule has 1 aliphatic carbocycles. The van der Waals surface area contributed by atoms with Gasteiger partial charge in [0.1, 0.15) is 0 Å². The molecule has 0 aromatic heterocycles. The molecule has 5 heteroatoms. The average molecular weight is 267 g/mol. The van der Waals surface area contributed by atoms with Crippen molar-refractivity contribution in [1.82, 2.24) is 5.32 Å². The molecule has 1 aromatic carbocycles. The highest BCUT2D eigenvalue weighted by molar-refractivity contribution is 5.72. The Morgan fingerprint density at radius 2 is 2.32 bits per heavy atom. The number of hydrogen-bond donors (Lipinski definition) is 2. The van der Waals surface area contributed by atoms with Gasteiger partial charge in [0.05, 0.1) is 0 Å². The number of halogens is 1. The van der Waals surface area contributed by atoms with Crippen molar-refractivity contribution in [3.8, 4) is 5.75 Å². The van der Waals surface area contributed by atoms with Gasteiger partial charge < -0.3 is 15.2 Å². The van der Waals surface area contributed by atoms with E-state index in [0.717, 1.165) is 5.56 Å². The van der Waals surface area contributed by atoms with Gasteiger partial charge in [0, 0.05) is 12.6 Å². The first-order valence-electron chi connectivity index (χ1n) is 6.51. The van der Waals surface area contributed by atoms with Crippen LogP contribution < -0.4 is 10.1 Å². The van der Waals surface area contributed by atoms with E-state index < -0.39 is 17.9 Å². The molecule has 104 valence electrons. The van der Waals surface area contributed by atoms with Crippen LogP contribution in [0.15, 0.2) is 18.2 Å². The second-order valence-corrected chi connectivity index (χ2v) is 4.77. The van der Waals surface area contributed by atoms with Gasteiger partial charge in [-0.25, -0.2) is 9.18 Å². The smallest absolute Gasteiger partial charge is 0.344 e. The maximum atomic E-state index is 13.8. The molecule has 0 bridgehead atoms. The van der Waals surface area contributed by atoms with Crippen LogP contribution in [0.3, 0.4) is 0 Å². The van der Waals surface area contributed by atoms with Gasteiger partial charge in [-0.2, -0.15) is 0 Å². The molecular weight excluding hydrogens is 249 g/mol. The summed E-state index contributed by atoms with van der Waals surface area (Å²) in [4.78, 5) is 10.8. The van der Waals surface area contributed by atoms with Gasteiger partial charge >= 0.3 is 5.97 Å². The van der Waals surface area contributed by atoms with Crippen molar-refractivity contribution in [2.45, 2.75) is 44.9 Å². The molecule has 1 atom stereocenters. The molecule has 1 aliphatic rings. The molecule has 1 fully saturated rings. The van der Waals surface area contributed by atoms with Crippen LogP contribution in [0.2, 0.25) is 0 Å². The lowest BCUT2D eigenvalue weighted by Gasteiger charge is -2.14. The predicted molar refractivity (Wildman–Crippen MR) is 68.6 cm³/mol. The molecule has 0 amide bonds. The zero-order valence-electron chi connectivity index (χ0n) is 10.9. The second-order valence-electron chi connectivity index (χ2n) is 4.77. The van der Waals surface area contributed by atoms with E-state index in [1.165, 1.54) is 25.0 Å². The van der Waals surface area contributed by atoms with Crippen LogP contribution in [0.1, 0.15) is 31.7 Å². The molecule has 1 aromatic rings. The van der Waals surface area contributed by atoms with Crippen LogP contribution in [0, 0.1) is 5.82 Å². The molecular formula is C14H18FNO3. The van der Waals surface area contributed by atoms with Crippen molar-refractivity contribution in [2.24, 2.45) is 0 Å². The summed E-state index contributed by atoms with van der Waals surface area (Å²) in [6.45, 7) is 2.31. The third-order valence-corrected chi connectivity index (χ3v) is 3.08. The maximum Gasteiger partial charge on any atom is 0.344 e. The summed E-state index contributed by atoms with van der Waals surface area (Å²) < 4.78 is 19.0. The number of carbonyl (C=O) groups is 1. The van der Waals surface area contributed by atoms with Crippen molar-refractivity contribution >= 4 is 5.97 Å². The van der Waals surface area contributed by atoms with E-state index in [1.54, 1.807) is 13.0 Å². The lowest BCUT2D eigenvalue weighted by atomic mass is 10.2. The van der Waals surface area contributed by atoms with Crippen molar-refractivity contribution < 1.29 is 19.0 Å². The summed E-state index contributed by atoms with van der Waals surface area (Å²) in [7, 11) is 0. The average Bonchev–Trinajstić information content (AvgIpc) is 3.19. The van der Waals surface area contributed by atoms with Crippen molar-refractivity contribution in [3.63, 3.8) is 0 Å². The third-order valence-electron chi connectivity index (χ3n) is 3.08. The Morgan fingerprint density at radius 1 is 1.58 bits per heavy atom. The summed E-state index contributed by atoms with van der Waals surface area (Å²) >= 11 is 0.